The number of rotatable bonds is 16. The molecule has 0 bridgehead atoms. The van der Waals surface area contributed by atoms with Crippen LogP contribution in [0, 0.1) is 5.41 Å². The predicted molar refractivity (Wildman–Crippen MR) is 162 cm³/mol. The summed E-state index contributed by atoms with van der Waals surface area (Å²) in [5, 5.41) is 45.4. The first kappa shape index (κ1) is 40.6. The first-order valence-corrected chi connectivity index (χ1v) is 15.5. The molecular formula is C25H40Br4O12. The van der Waals surface area contributed by atoms with E-state index in [0.717, 1.165) is 0 Å². The van der Waals surface area contributed by atoms with Gasteiger partial charge in [-0.2, -0.15) is 0 Å². The summed E-state index contributed by atoms with van der Waals surface area (Å²) in [5.41, 5.74) is -2.57. The first-order chi connectivity index (χ1) is 18.2. The zero-order valence-electron chi connectivity index (χ0n) is 24.2. The molecule has 4 N–H and O–H groups in total. The summed E-state index contributed by atoms with van der Waals surface area (Å²) in [7, 11) is 0. The number of hydrogen-bond donors (Lipinski definition) is 4. The molecule has 0 heterocycles. The van der Waals surface area contributed by atoms with Crippen LogP contribution in [0.1, 0.15) is 55.4 Å². The van der Waals surface area contributed by atoms with Gasteiger partial charge in [0.25, 0.3) is 0 Å². The highest BCUT2D eigenvalue weighted by Crippen LogP contribution is 2.38. The van der Waals surface area contributed by atoms with E-state index in [2.05, 4.69) is 63.7 Å². The van der Waals surface area contributed by atoms with Crippen molar-refractivity contribution in [3.8, 4) is 0 Å². The standard InChI is InChI=1S/C25H40Br4O12/c1-21(2,26)17(34)38-9-13(30)25(14(31)10-39-18(35)22(3,4)27,15(32)11-40-19(36)23(5,6)28)16(33)12-41-20(37)24(7,8)29/h13-16,30-33H,9-12H2,1-8H3. The van der Waals surface area contributed by atoms with Crippen LogP contribution in [0.2, 0.25) is 0 Å². The van der Waals surface area contributed by atoms with E-state index >= 15 is 0 Å². The maximum Gasteiger partial charge on any atom is 0.322 e. The molecule has 0 aromatic heterocycles. The Morgan fingerprint density at radius 3 is 0.732 bits per heavy atom. The number of esters is 4. The fourth-order valence-corrected chi connectivity index (χ4v) is 3.67. The Balaban J connectivity index is 6.70. The molecule has 0 aliphatic carbocycles. The fraction of sp³-hybridized carbons (Fsp3) is 0.840. The van der Waals surface area contributed by atoms with Crippen LogP contribution in [0.25, 0.3) is 0 Å². The Morgan fingerprint density at radius 1 is 0.463 bits per heavy atom. The second kappa shape index (κ2) is 15.6. The van der Waals surface area contributed by atoms with Crippen LogP contribution in [0.3, 0.4) is 0 Å². The number of halogens is 4. The third-order valence-corrected chi connectivity index (χ3v) is 7.03. The topological polar surface area (TPSA) is 186 Å². The second-order valence-electron chi connectivity index (χ2n) is 11.3. The van der Waals surface area contributed by atoms with Gasteiger partial charge in [-0.25, -0.2) is 0 Å². The minimum Gasteiger partial charge on any atom is -0.462 e. The molecule has 0 aliphatic rings. The third kappa shape index (κ3) is 12.3. The van der Waals surface area contributed by atoms with Crippen molar-refractivity contribution in [3.63, 3.8) is 0 Å². The Hall–Kier alpha value is -0.360. The molecule has 0 amide bonds. The zero-order valence-corrected chi connectivity index (χ0v) is 30.5. The van der Waals surface area contributed by atoms with Crippen molar-refractivity contribution < 1.29 is 58.6 Å². The summed E-state index contributed by atoms with van der Waals surface area (Å²) in [6, 6.07) is 0. The Bertz CT molecular complexity index is 766. The third-order valence-electron chi connectivity index (χ3n) is 5.74. The van der Waals surface area contributed by atoms with Crippen molar-refractivity contribution in [2.24, 2.45) is 5.41 Å². The molecule has 0 rings (SSSR count). The van der Waals surface area contributed by atoms with Crippen LogP contribution in [-0.4, -0.2) is 112 Å². The van der Waals surface area contributed by atoms with Crippen molar-refractivity contribution in [2.45, 2.75) is 97.1 Å². The highest BCUT2D eigenvalue weighted by molar-refractivity contribution is 9.10. The molecule has 0 saturated heterocycles. The summed E-state index contributed by atoms with van der Waals surface area (Å²) in [5.74, 6) is -3.35. The van der Waals surface area contributed by atoms with Gasteiger partial charge >= 0.3 is 23.9 Å². The number of hydrogen-bond acceptors (Lipinski definition) is 12. The molecule has 0 spiro atoms. The maximum absolute atomic E-state index is 12.4. The monoisotopic (exact) mass is 848 g/mol. The van der Waals surface area contributed by atoms with Crippen LogP contribution in [0.15, 0.2) is 0 Å². The van der Waals surface area contributed by atoms with E-state index in [4.69, 9.17) is 18.9 Å². The largest absolute Gasteiger partial charge is 0.462 e. The van der Waals surface area contributed by atoms with Crippen molar-refractivity contribution in [3.05, 3.63) is 0 Å². The lowest BCUT2D eigenvalue weighted by atomic mass is 9.68. The minimum absolute atomic E-state index is 0.837. The van der Waals surface area contributed by atoms with Crippen molar-refractivity contribution in [1.29, 1.82) is 0 Å². The average Bonchev–Trinajstić information content (AvgIpc) is 2.80. The molecule has 0 aliphatic heterocycles. The lowest BCUT2D eigenvalue weighted by Gasteiger charge is -2.47. The van der Waals surface area contributed by atoms with E-state index in [1.54, 1.807) is 0 Å². The zero-order chi connectivity index (χ0) is 32.8. The summed E-state index contributed by atoms with van der Waals surface area (Å²) in [4.78, 5) is 49.6. The van der Waals surface area contributed by atoms with Gasteiger partial charge in [0.05, 0.1) is 5.41 Å². The number of carbonyl (C=O) groups excluding carboxylic acids is 4. The van der Waals surface area contributed by atoms with Gasteiger partial charge in [-0.15, -0.1) is 0 Å². The molecule has 41 heavy (non-hydrogen) atoms. The van der Waals surface area contributed by atoms with Gasteiger partial charge in [-0.3, -0.25) is 19.2 Å². The Morgan fingerprint density at radius 2 is 0.610 bits per heavy atom. The SMILES string of the molecule is CC(C)(Br)C(=O)OCC(O)C(C(O)COC(=O)C(C)(C)Br)(C(O)COC(=O)C(C)(C)Br)C(O)COC(=O)C(C)(C)Br. The van der Waals surface area contributed by atoms with Crippen LogP contribution >= 0.6 is 63.7 Å². The lowest BCUT2D eigenvalue weighted by Crippen LogP contribution is -2.65. The van der Waals surface area contributed by atoms with Crippen LogP contribution in [-0.2, 0) is 38.1 Å². The molecule has 240 valence electrons. The van der Waals surface area contributed by atoms with Crippen molar-refractivity contribution in [2.75, 3.05) is 26.4 Å². The summed E-state index contributed by atoms with van der Waals surface area (Å²) in [6.45, 7) is 8.23. The molecule has 4 unspecified atom stereocenters. The smallest absolute Gasteiger partial charge is 0.322 e. The highest BCUT2D eigenvalue weighted by Gasteiger charge is 2.57. The quantitative estimate of drug-likeness (QED) is 0.101. The Labute approximate surface area is 273 Å². The second-order valence-corrected chi connectivity index (χ2v) is 19.3. The van der Waals surface area contributed by atoms with Gasteiger partial charge in [0.15, 0.2) is 0 Å². The number of carbonyl (C=O) groups is 4. The van der Waals surface area contributed by atoms with E-state index in [-0.39, 0.29) is 0 Å². The van der Waals surface area contributed by atoms with E-state index in [1.807, 2.05) is 0 Å². The molecular weight excluding hydrogens is 812 g/mol. The van der Waals surface area contributed by atoms with Gasteiger partial charge in [0, 0.05) is 0 Å². The summed E-state index contributed by atoms with van der Waals surface area (Å²) >= 11 is 12.5. The van der Waals surface area contributed by atoms with E-state index in [0.29, 0.717) is 0 Å². The van der Waals surface area contributed by atoms with Gasteiger partial charge in [-0.05, 0) is 55.4 Å². The summed E-state index contributed by atoms with van der Waals surface area (Å²) < 4.78 is 15.9. The predicted octanol–water partition coefficient (Wildman–Crippen LogP) is 2.28. The number of aliphatic hydroxyl groups excluding tert-OH is 4. The minimum atomic E-state index is -2.57. The van der Waals surface area contributed by atoms with Crippen molar-refractivity contribution >= 4 is 87.6 Å². The Kier molecular flexibility index (Phi) is 15.4. The van der Waals surface area contributed by atoms with E-state index in [1.165, 1.54) is 55.4 Å². The van der Waals surface area contributed by atoms with Gasteiger partial charge < -0.3 is 39.4 Å². The first-order valence-electron chi connectivity index (χ1n) is 12.4. The number of alkyl halides is 4. The van der Waals surface area contributed by atoms with E-state index in [9.17, 15) is 39.6 Å². The lowest BCUT2D eigenvalue weighted by molar-refractivity contribution is -0.233. The molecule has 0 aromatic carbocycles. The molecule has 16 heteroatoms. The molecule has 0 aromatic rings. The van der Waals surface area contributed by atoms with Crippen LogP contribution in [0.5, 0.6) is 0 Å². The normalized spacial score (nSPS) is 17.4. The van der Waals surface area contributed by atoms with Gasteiger partial charge in [-0.1, -0.05) is 63.7 Å². The van der Waals surface area contributed by atoms with Crippen LogP contribution < -0.4 is 0 Å². The number of ether oxygens (including phenoxy) is 4. The average molecular weight is 852 g/mol. The van der Waals surface area contributed by atoms with E-state index < -0.39 is 97.4 Å². The van der Waals surface area contributed by atoms with Crippen molar-refractivity contribution in [1.82, 2.24) is 0 Å². The summed E-state index contributed by atoms with van der Waals surface area (Å²) in [6.07, 6.45) is -8.32. The molecule has 0 fully saturated rings. The fourth-order valence-electron chi connectivity index (χ4n) is 3.21. The highest BCUT2D eigenvalue weighted by atomic mass is 79.9. The number of aliphatic hydroxyl groups is 4. The molecule has 0 radical (unpaired) electrons. The molecule has 12 nitrogen and oxygen atoms in total. The van der Waals surface area contributed by atoms with Gasteiger partial charge in [0.1, 0.15) is 68.1 Å². The van der Waals surface area contributed by atoms with Gasteiger partial charge in [0.2, 0.25) is 0 Å². The van der Waals surface area contributed by atoms with Crippen LogP contribution in [0.4, 0.5) is 0 Å². The molecule has 0 saturated carbocycles. The molecule has 4 atom stereocenters. The maximum atomic E-state index is 12.4.